The third kappa shape index (κ3) is 1.57. The Morgan fingerprint density at radius 2 is 2.04 bits per heavy atom. The number of hydrogen-bond donors (Lipinski definition) is 0. The van der Waals surface area contributed by atoms with E-state index < -0.39 is 5.66 Å². The van der Waals surface area contributed by atoms with Crippen molar-refractivity contribution in [2.24, 2.45) is 0 Å². The van der Waals surface area contributed by atoms with Crippen LogP contribution >= 0.6 is 0 Å². The van der Waals surface area contributed by atoms with E-state index in [1.807, 2.05) is 24.3 Å². The zero-order valence-corrected chi connectivity index (χ0v) is 13.3. The number of anilines is 1. The quantitative estimate of drug-likeness (QED) is 0.626. The van der Waals surface area contributed by atoms with Crippen molar-refractivity contribution in [3.05, 3.63) is 48.3 Å². The van der Waals surface area contributed by atoms with Crippen molar-refractivity contribution in [2.45, 2.75) is 31.8 Å². The number of imidazole rings is 1. The maximum Gasteiger partial charge on any atom is 0.228 e. The standard InChI is InChI=1S/C19H16FN3O/c1-19-10-4-7-17(24)22(19)16-11-12(20)8-9-13(16)18-21-14-5-2-3-6-15(14)23(18)19/h2-3,5-6,8-9,11H,4,7,10H2,1H3. The number of para-hydroxylation sites is 2. The van der Waals surface area contributed by atoms with Gasteiger partial charge in [-0.3, -0.25) is 14.3 Å². The Bertz CT molecular complexity index is 1010. The van der Waals surface area contributed by atoms with E-state index in [1.165, 1.54) is 12.1 Å². The largest absolute Gasteiger partial charge is 0.300 e. The second-order valence-electron chi connectivity index (χ2n) is 6.72. The maximum absolute atomic E-state index is 13.9. The molecule has 1 amide bonds. The van der Waals surface area contributed by atoms with Crippen LogP contribution in [0.5, 0.6) is 0 Å². The van der Waals surface area contributed by atoms with Gasteiger partial charge in [-0.25, -0.2) is 9.37 Å². The summed E-state index contributed by atoms with van der Waals surface area (Å²) < 4.78 is 16.1. The lowest BCUT2D eigenvalue weighted by atomic mass is 9.90. The summed E-state index contributed by atoms with van der Waals surface area (Å²) >= 11 is 0. The molecule has 24 heavy (non-hydrogen) atoms. The molecule has 0 bridgehead atoms. The first-order valence-electron chi connectivity index (χ1n) is 8.20. The zero-order chi connectivity index (χ0) is 16.5. The second kappa shape index (κ2) is 4.44. The molecule has 0 radical (unpaired) electrons. The van der Waals surface area contributed by atoms with Gasteiger partial charge in [0.25, 0.3) is 0 Å². The molecule has 0 saturated carbocycles. The molecule has 1 fully saturated rings. The minimum atomic E-state index is -0.554. The van der Waals surface area contributed by atoms with Gasteiger partial charge in [-0.2, -0.15) is 0 Å². The number of halogens is 1. The van der Waals surface area contributed by atoms with Gasteiger partial charge in [0.15, 0.2) is 0 Å². The molecule has 1 saturated heterocycles. The number of aromatic nitrogens is 2. The van der Waals surface area contributed by atoms with Gasteiger partial charge in [0, 0.05) is 12.0 Å². The zero-order valence-electron chi connectivity index (χ0n) is 13.3. The van der Waals surface area contributed by atoms with Crippen LogP contribution in [0.4, 0.5) is 10.1 Å². The van der Waals surface area contributed by atoms with Gasteiger partial charge in [-0.15, -0.1) is 0 Å². The summed E-state index contributed by atoms with van der Waals surface area (Å²) in [6.07, 6.45) is 2.14. The fraction of sp³-hybridized carbons (Fsp3) is 0.263. The summed E-state index contributed by atoms with van der Waals surface area (Å²) in [7, 11) is 0. The highest BCUT2D eigenvalue weighted by Crippen LogP contribution is 2.49. The highest BCUT2D eigenvalue weighted by atomic mass is 19.1. The SMILES string of the molecule is CC12CCCC(=O)N1c1cc(F)ccc1-c1nc3ccccc3n12. The lowest BCUT2D eigenvalue weighted by molar-refractivity contribution is -0.122. The molecule has 1 atom stereocenters. The van der Waals surface area contributed by atoms with Crippen LogP contribution in [0.3, 0.4) is 0 Å². The number of rotatable bonds is 0. The van der Waals surface area contributed by atoms with Gasteiger partial charge in [0.2, 0.25) is 5.91 Å². The van der Waals surface area contributed by atoms with E-state index >= 15 is 0 Å². The molecule has 0 spiro atoms. The summed E-state index contributed by atoms with van der Waals surface area (Å²) in [5.41, 5.74) is 2.78. The van der Waals surface area contributed by atoms with Crippen LogP contribution < -0.4 is 4.90 Å². The van der Waals surface area contributed by atoms with Gasteiger partial charge in [0.1, 0.15) is 17.3 Å². The van der Waals surface area contributed by atoms with Crippen molar-refractivity contribution in [1.29, 1.82) is 0 Å². The van der Waals surface area contributed by atoms with Crippen LogP contribution in [-0.2, 0) is 10.5 Å². The molecule has 0 aliphatic carbocycles. The number of carbonyl (C=O) groups is 1. The third-order valence-electron chi connectivity index (χ3n) is 5.26. The fourth-order valence-electron chi connectivity index (χ4n) is 4.25. The number of piperidine rings is 1. The Morgan fingerprint density at radius 3 is 2.92 bits per heavy atom. The van der Waals surface area contributed by atoms with Crippen LogP contribution in [0, 0.1) is 5.82 Å². The minimum Gasteiger partial charge on any atom is -0.300 e. The smallest absolute Gasteiger partial charge is 0.228 e. The molecule has 1 aromatic heterocycles. The van der Waals surface area contributed by atoms with E-state index in [4.69, 9.17) is 4.98 Å². The van der Waals surface area contributed by atoms with Crippen molar-refractivity contribution in [2.75, 3.05) is 4.90 Å². The third-order valence-corrected chi connectivity index (χ3v) is 5.26. The number of hydrogen-bond acceptors (Lipinski definition) is 2. The number of fused-ring (bicyclic) bond motifs is 8. The van der Waals surface area contributed by atoms with Crippen molar-refractivity contribution in [3.63, 3.8) is 0 Å². The Kier molecular flexibility index (Phi) is 2.54. The summed E-state index contributed by atoms with van der Waals surface area (Å²) in [5, 5.41) is 0. The van der Waals surface area contributed by atoms with Crippen LogP contribution in [0.25, 0.3) is 22.4 Å². The number of amides is 1. The molecule has 2 aliphatic heterocycles. The van der Waals surface area contributed by atoms with Gasteiger partial charge < -0.3 is 0 Å². The first kappa shape index (κ1) is 13.7. The first-order chi connectivity index (χ1) is 11.6. The minimum absolute atomic E-state index is 0.0408. The van der Waals surface area contributed by atoms with Crippen molar-refractivity contribution < 1.29 is 9.18 Å². The second-order valence-corrected chi connectivity index (χ2v) is 6.72. The molecule has 120 valence electrons. The Hall–Kier alpha value is -2.69. The van der Waals surface area contributed by atoms with Gasteiger partial charge in [-0.05, 0) is 50.1 Å². The predicted molar refractivity (Wildman–Crippen MR) is 90.1 cm³/mol. The van der Waals surface area contributed by atoms with E-state index in [9.17, 15) is 9.18 Å². The lowest BCUT2D eigenvalue weighted by Crippen LogP contribution is -2.56. The van der Waals surface area contributed by atoms with Gasteiger partial charge in [-0.1, -0.05) is 12.1 Å². The molecular formula is C19H16FN3O. The molecule has 2 aromatic carbocycles. The van der Waals surface area contributed by atoms with E-state index in [0.29, 0.717) is 12.1 Å². The van der Waals surface area contributed by atoms with Crippen LogP contribution in [0.2, 0.25) is 0 Å². The fourth-order valence-corrected chi connectivity index (χ4v) is 4.25. The highest BCUT2D eigenvalue weighted by Gasteiger charge is 2.47. The number of nitrogens with zero attached hydrogens (tertiary/aromatic N) is 3. The summed E-state index contributed by atoms with van der Waals surface area (Å²) in [5.74, 6) is 0.512. The predicted octanol–water partition coefficient (Wildman–Crippen LogP) is 4.05. The van der Waals surface area contributed by atoms with Crippen LogP contribution in [0.15, 0.2) is 42.5 Å². The molecule has 5 heteroatoms. The van der Waals surface area contributed by atoms with Gasteiger partial charge in [0.05, 0.1) is 16.7 Å². The molecule has 3 aromatic rings. The molecular weight excluding hydrogens is 305 g/mol. The molecule has 1 unspecified atom stereocenters. The molecule has 3 heterocycles. The maximum atomic E-state index is 13.9. The lowest BCUT2D eigenvalue weighted by Gasteiger charge is -2.49. The van der Waals surface area contributed by atoms with Crippen molar-refractivity contribution >= 4 is 22.6 Å². The van der Waals surface area contributed by atoms with E-state index in [1.54, 1.807) is 11.0 Å². The molecule has 2 aliphatic rings. The summed E-state index contributed by atoms with van der Waals surface area (Å²) in [6.45, 7) is 2.05. The average Bonchev–Trinajstić information content (AvgIpc) is 2.95. The van der Waals surface area contributed by atoms with Crippen LogP contribution in [0.1, 0.15) is 26.2 Å². The monoisotopic (exact) mass is 321 g/mol. The summed E-state index contributed by atoms with van der Waals surface area (Å²) in [4.78, 5) is 19.3. The van der Waals surface area contributed by atoms with E-state index in [2.05, 4.69) is 11.5 Å². The highest BCUT2D eigenvalue weighted by molar-refractivity contribution is 6.01. The van der Waals surface area contributed by atoms with Crippen molar-refractivity contribution in [1.82, 2.24) is 9.55 Å². The molecule has 0 N–H and O–H groups in total. The first-order valence-corrected chi connectivity index (χ1v) is 8.20. The van der Waals surface area contributed by atoms with E-state index in [-0.39, 0.29) is 11.7 Å². The van der Waals surface area contributed by atoms with E-state index in [0.717, 1.165) is 35.3 Å². The number of carbonyl (C=O) groups excluding carboxylic acids is 1. The van der Waals surface area contributed by atoms with Crippen LogP contribution in [-0.4, -0.2) is 15.5 Å². The topological polar surface area (TPSA) is 38.1 Å². The average molecular weight is 321 g/mol. The summed E-state index contributed by atoms with van der Waals surface area (Å²) in [6, 6.07) is 12.6. The Balaban J connectivity index is 1.94. The molecule has 4 nitrogen and oxygen atoms in total. The van der Waals surface area contributed by atoms with Crippen molar-refractivity contribution in [3.8, 4) is 11.4 Å². The Morgan fingerprint density at radius 1 is 1.21 bits per heavy atom. The molecule has 5 rings (SSSR count). The number of benzene rings is 2. The normalized spacial score (nSPS) is 22.2. The Labute approximate surface area is 138 Å². The van der Waals surface area contributed by atoms with Gasteiger partial charge >= 0.3 is 0 Å².